The molecule has 4 amide bonds. The molecule has 41 heavy (non-hydrogen) atoms. The summed E-state index contributed by atoms with van der Waals surface area (Å²) in [7, 11) is 0. The lowest BCUT2D eigenvalue weighted by atomic mass is 9.87. The molecule has 2 N–H and O–H groups in total. The number of aromatic nitrogens is 2. The van der Waals surface area contributed by atoms with E-state index in [-0.39, 0.29) is 0 Å². The summed E-state index contributed by atoms with van der Waals surface area (Å²) in [4.78, 5) is 48.3. The highest BCUT2D eigenvalue weighted by Gasteiger charge is 2.55. The third kappa shape index (κ3) is 4.87. The van der Waals surface area contributed by atoms with E-state index in [4.69, 9.17) is 14.4 Å². The fraction of sp³-hybridized carbons (Fsp3) is 0.200. The van der Waals surface area contributed by atoms with Gasteiger partial charge in [-0.2, -0.15) is 5.26 Å². The summed E-state index contributed by atoms with van der Waals surface area (Å²) in [6.45, 7) is 0.464. The molecule has 6 rings (SSSR count). The number of imide groups is 2. The van der Waals surface area contributed by atoms with Crippen molar-refractivity contribution in [3.63, 3.8) is 0 Å². The van der Waals surface area contributed by atoms with Crippen LogP contribution in [-0.4, -0.2) is 39.9 Å². The van der Waals surface area contributed by atoms with Crippen LogP contribution in [0.15, 0.2) is 77.5 Å². The summed E-state index contributed by atoms with van der Waals surface area (Å²) in [6, 6.07) is 19.0. The van der Waals surface area contributed by atoms with Crippen molar-refractivity contribution >= 4 is 23.5 Å². The number of nitrogens with zero attached hydrogens (tertiary/aromatic N) is 4. The van der Waals surface area contributed by atoms with Crippen LogP contribution in [0.5, 0.6) is 11.6 Å². The molecular weight excluding hydrogens is 524 g/mol. The Morgan fingerprint density at radius 1 is 0.902 bits per heavy atom. The number of pyridine rings is 1. The third-order valence-electron chi connectivity index (χ3n) is 7.26. The van der Waals surface area contributed by atoms with Crippen molar-refractivity contribution in [1.29, 1.82) is 5.26 Å². The molecule has 2 aromatic carbocycles. The molecule has 2 fully saturated rings. The predicted octanol–water partition coefficient (Wildman–Crippen LogP) is 4.55. The van der Waals surface area contributed by atoms with E-state index in [2.05, 4.69) is 26.7 Å². The molecule has 2 aliphatic rings. The van der Waals surface area contributed by atoms with Gasteiger partial charge in [-0.15, -0.1) is 0 Å². The monoisotopic (exact) mass is 548 g/mol. The van der Waals surface area contributed by atoms with Gasteiger partial charge in [-0.05, 0) is 61.7 Å². The molecule has 0 saturated carbocycles. The van der Waals surface area contributed by atoms with Gasteiger partial charge in [0.05, 0.1) is 23.5 Å². The van der Waals surface area contributed by atoms with Gasteiger partial charge >= 0.3 is 6.03 Å². The summed E-state index contributed by atoms with van der Waals surface area (Å²) < 4.78 is 11.6. The van der Waals surface area contributed by atoms with Crippen molar-refractivity contribution < 1.29 is 23.5 Å². The van der Waals surface area contributed by atoms with Crippen molar-refractivity contribution in [3.05, 3.63) is 78.7 Å². The second-order valence-corrected chi connectivity index (χ2v) is 9.77. The van der Waals surface area contributed by atoms with Crippen LogP contribution in [0.2, 0.25) is 0 Å². The summed E-state index contributed by atoms with van der Waals surface area (Å²) in [6.07, 6.45) is 5.76. The first-order chi connectivity index (χ1) is 20.0. The number of ether oxygens (including phenoxy) is 1. The number of carbonyl (C=O) groups is 3. The fourth-order valence-electron chi connectivity index (χ4n) is 5.16. The zero-order valence-electron chi connectivity index (χ0n) is 21.8. The van der Waals surface area contributed by atoms with E-state index >= 15 is 0 Å². The van der Waals surface area contributed by atoms with Gasteiger partial charge in [0, 0.05) is 23.7 Å². The van der Waals surface area contributed by atoms with Crippen LogP contribution in [0.4, 0.5) is 10.5 Å². The number of benzene rings is 2. The number of carbonyl (C=O) groups excluding carboxylic acids is 3. The molecule has 0 aliphatic carbocycles. The highest BCUT2D eigenvalue weighted by Crippen LogP contribution is 2.35. The molecule has 2 saturated heterocycles. The summed E-state index contributed by atoms with van der Waals surface area (Å²) >= 11 is 0. The van der Waals surface area contributed by atoms with E-state index in [1.807, 2.05) is 24.3 Å². The normalized spacial score (nSPS) is 16.5. The van der Waals surface area contributed by atoms with Crippen molar-refractivity contribution in [1.82, 2.24) is 20.6 Å². The molecule has 0 radical (unpaired) electrons. The molecule has 4 heterocycles. The zero-order chi connectivity index (χ0) is 28.4. The molecule has 0 atom stereocenters. The van der Waals surface area contributed by atoms with Gasteiger partial charge in [-0.25, -0.2) is 14.8 Å². The highest BCUT2D eigenvalue weighted by molar-refractivity contribution is 6.24. The average molecular weight is 549 g/mol. The fourth-order valence-corrected chi connectivity index (χ4v) is 5.16. The molecule has 11 heteroatoms. The maximum Gasteiger partial charge on any atom is 0.328 e. The minimum absolute atomic E-state index is 0.294. The lowest BCUT2D eigenvalue weighted by Gasteiger charge is -2.43. The van der Waals surface area contributed by atoms with E-state index < -0.39 is 23.4 Å². The first kappa shape index (κ1) is 25.8. The Morgan fingerprint density at radius 3 is 2.32 bits per heavy atom. The van der Waals surface area contributed by atoms with Crippen LogP contribution in [0.25, 0.3) is 22.7 Å². The Labute approximate surface area is 234 Å². The molecule has 2 aliphatic heterocycles. The second kappa shape index (κ2) is 10.6. The molecule has 0 unspecified atom stereocenters. The van der Waals surface area contributed by atoms with Crippen molar-refractivity contribution in [2.75, 3.05) is 11.4 Å². The number of oxazole rings is 1. The van der Waals surface area contributed by atoms with Crippen molar-refractivity contribution in [2.45, 2.75) is 31.2 Å². The minimum Gasteiger partial charge on any atom is -0.444 e. The van der Waals surface area contributed by atoms with Gasteiger partial charge in [0.25, 0.3) is 11.8 Å². The van der Waals surface area contributed by atoms with Crippen LogP contribution in [0.3, 0.4) is 0 Å². The number of nitrogens with one attached hydrogen (secondary N) is 2. The van der Waals surface area contributed by atoms with Gasteiger partial charge in [0.15, 0.2) is 5.54 Å². The number of urea groups is 1. The standard InChI is InChI=1S/C30H24N6O5/c31-16-19-4-6-20(7-5-19)24-18-40-26(33-24)21-8-11-23(12-9-21)41-25-13-10-22(17-32-25)36-15-3-1-2-14-30(36)27(37)34-29(39)35-28(30)38/h4-13,17-18H,1-3,14-15H2,(H2,34,35,37,38,39). The zero-order valence-corrected chi connectivity index (χ0v) is 21.8. The first-order valence-corrected chi connectivity index (χ1v) is 13.1. The van der Waals surface area contributed by atoms with E-state index in [9.17, 15) is 14.4 Å². The van der Waals surface area contributed by atoms with E-state index in [1.54, 1.807) is 53.8 Å². The van der Waals surface area contributed by atoms with Crippen LogP contribution in [-0.2, 0) is 9.59 Å². The number of rotatable bonds is 5. The number of barbiturate groups is 1. The lowest BCUT2D eigenvalue weighted by Crippen LogP contribution is -2.73. The summed E-state index contributed by atoms with van der Waals surface area (Å²) in [5.74, 6) is 0.0792. The average Bonchev–Trinajstić information content (AvgIpc) is 3.37. The van der Waals surface area contributed by atoms with Crippen LogP contribution in [0, 0.1) is 11.3 Å². The number of hydrogen-bond donors (Lipinski definition) is 2. The SMILES string of the molecule is N#Cc1ccc(-c2coc(-c3ccc(Oc4ccc(N5CCCCCC56C(=O)NC(=O)NC6=O)cn4)cc3)n2)cc1. The molecular formula is C30H24N6O5. The summed E-state index contributed by atoms with van der Waals surface area (Å²) in [5.41, 5.74) is 1.91. The number of anilines is 1. The van der Waals surface area contributed by atoms with Gasteiger partial charge in [-0.3, -0.25) is 20.2 Å². The Bertz CT molecular complexity index is 1640. The van der Waals surface area contributed by atoms with Crippen molar-refractivity contribution in [2.24, 2.45) is 0 Å². The Balaban J connectivity index is 1.16. The number of hydrogen-bond acceptors (Lipinski definition) is 9. The molecule has 2 aromatic heterocycles. The Kier molecular flexibility index (Phi) is 6.65. The Morgan fingerprint density at radius 2 is 1.63 bits per heavy atom. The number of nitriles is 1. The van der Waals surface area contributed by atoms with Gasteiger partial charge < -0.3 is 14.1 Å². The number of amides is 4. The lowest BCUT2D eigenvalue weighted by molar-refractivity contribution is -0.138. The summed E-state index contributed by atoms with van der Waals surface area (Å²) in [5, 5.41) is 13.5. The van der Waals surface area contributed by atoms with E-state index in [0.717, 1.165) is 24.0 Å². The topological polar surface area (TPSA) is 150 Å². The molecule has 4 aromatic rings. The Hall–Kier alpha value is -5.50. The quantitative estimate of drug-likeness (QED) is 0.342. The van der Waals surface area contributed by atoms with E-state index in [0.29, 0.717) is 53.9 Å². The van der Waals surface area contributed by atoms with Gasteiger partial charge in [0.2, 0.25) is 11.8 Å². The van der Waals surface area contributed by atoms with Gasteiger partial charge in [-0.1, -0.05) is 18.6 Å². The first-order valence-electron chi connectivity index (χ1n) is 13.1. The minimum atomic E-state index is -1.51. The van der Waals surface area contributed by atoms with Crippen LogP contribution < -0.4 is 20.3 Å². The van der Waals surface area contributed by atoms with E-state index in [1.165, 1.54) is 0 Å². The predicted molar refractivity (Wildman–Crippen MR) is 147 cm³/mol. The second-order valence-electron chi connectivity index (χ2n) is 9.77. The van der Waals surface area contributed by atoms with Crippen LogP contribution >= 0.6 is 0 Å². The molecule has 11 nitrogen and oxygen atoms in total. The van der Waals surface area contributed by atoms with Crippen LogP contribution in [0.1, 0.15) is 31.2 Å². The smallest absolute Gasteiger partial charge is 0.328 e. The maximum absolute atomic E-state index is 13.0. The van der Waals surface area contributed by atoms with Gasteiger partial charge in [0.1, 0.15) is 17.7 Å². The maximum atomic E-state index is 13.0. The highest BCUT2D eigenvalue weighted by atomic mass is 16.5. The molecule has 0 bridgehead atoms. The molecule has 204 valence electrons. The largest absolute Gasteiger partial charge is 0.444 e. The third-order valence-corrected chi connectivity index (χ3v) is 7.26. The molecule has 1 spiro atoms. The van der Waals surface area contributed by atoms with Crippen molar-refractivity contribution in [3.8, 4) is 40.4 Å².